The number of benzene rings is 1. The molecule has 1 fully saturated rings. The first-order valence-corrected chi connectivity index (χ1v) is 7.82. The molecule has 0 spiro atoms. The highest BCUT2D eigenvalue weighted by Gasteiger charge is 2.29. The number of piperidine rings is 1. The Morgan fingerprint density at radius 2 is 2.14 bits per heavy atom. The van der Waals surface area contributed by atoms with E-state index in [-0.39, 0.29) is 11.8 Å². The highest BCUT2D eigenvalue weighted by Crippen LogP contribution is 2.26. The van der Waals surface area contributed by atoms with Crippen molar-refractivity contribution >= 4 is 17.5 Å². The van der Waals surface area contributed by atoms with Crippen molar-refractivity contribution in [3.05, 3.63) is 46.6 Å². The van der Waals surface area contributed by atoms with Gasteiger partial charge in [0, 0.05) is 24.5 Å². The van der Waals surface area contributed by atoms with Crippen LogP contribution in [-0.4, -0.2) is 34.0 Å². The fourth-order valence-corrected chi connectivity index (χ4v) is 2.85. The Morgan fingerprint density at radius 3 is 2.82 bits per heavy atom. The average molecular weight is 320 g/mol. The van der Waals surface area contributed by atoms with Crippen LogP contribution in [0.5, 0.6) is 0 Å². The molecule has 5 nitrogen and oxygen atoms in total. The highest BCUT2D eigenvalue weighted by molar-refractivity contribution is 6.30. The van der Waals surface area contributed by atoms with Crippen LogP contribution >= 0.6 is 11.6 Å². The summed E-state index contributed by atoms with van der Waals surface area (Å²) in [7, 11) is 0. The molecule has 1 atom stereocenters. The van der Waals surface area contributed by atoms with E-state index in [0.29, 0.717) is 31.2 Å². The monoisotopic (exact) mass is 319 g/mol. The zero-order chi connectivity index (χ0) is 15.5. The van der Waals surface area contributed by atoms with Gasteiger partial charge in [-0.1, -0.05) is 28.9 Å². The molecule has 1 saturated heterocycles. The first-order valence-electron chi connectivity index (χ1n) is 7.44. The number of aromatic nitrogens is 2. The van der Waals surface area contributed by atoms with Crippen molar-refractivity contribution in [2.75, 3.05) is 13.1 Å². The van der Waals surface area contributed by atoms with Gasteiger partial charge < -0.3 is 9.42 Å². The van der Waals surface area contributed by atoms with Crippen molar-refractivity contribution in [2.45, 2.75) is 32.1 Å². The fourth-order valence-electron chi connectivity index (χ4n) is 2.73. The van der Waals surface area contributed by atoms with Gasteiger partial charge in [0.15, 0.2) is 5.82 Å². The van der Waals surface area contributed by atoms with Gasteiger partial charge in [0.05, 0.1) is 5.92 Å². The van der Waals surface area contributed by atoms with Crippen LogP contribution in [0.3, 0.4) is 0 Å². The van der Waals surface area contributed by atoms with Gasteiger partial charge in [-0.15, -0.1) is 0 Å². The Kier molecular flexibility index (Phi) is 4.43. The summed E-state index contributed by atoms with van der Waals surface area (Å²) in [4.78, 5) is 18.3. The van der Waals surface area contributed by atoms with Gasteiger partial charge in [0.25, 0.3) is 0 Å². The van der Waals surface area contributed by atoms with Crippen molar-refractivity contribution in [1.82, 2.24) is 15.0 Å². The molecule has 1 amide bonds. The maximum Gasteiger partial charge on any atom is 0.231 e. The summed E-state index contributed by atoms with van der Waals surface area (Å²) in [6.07, 6.45) is 2.13. The van der Waals surface area contributed by atoms with Crippen molar-refractivity contribution < 1.29 is 9.32 Å². The SMILES string of the molecule is Cc1noc(C2CCC(=O)N(CCc3ccc(Cl)cc3)C2)n1. The largest absolute Gasteiger partial charge is 0.342 e. The number of likely N-dealkylation sites (tertiary alicyclic amines) is 1. The summed E-state index contributed by atoms with van der Waals surface area (Å²) in [5, 5.41) is 4.56. The Labute approximate surface area is 134 Å². The Morgan fingerprint density at radius 1 is 1.36 bits per heavy atom. The minimum absolute atomic E-state index is 0.143. The van der Waals surface area contributed by atoms with Gasteiger partial charge >= 0.3 is 0 Å². The van der Waals surface area contributed by atoms with Crippen LogP contribution in [0.2, 0.25) is 5.02 Å². The molecule has 0 aliphatic carbocycles. The first-order chi connectivity index (χ1) is 10.6. The summed E-state index contributed by atoms with van der Waals surface area (Å²) in [6.45, 7) is 3.15. The number of rotatable bonds is 4. The second-order valence-electron chi connectivity index (χ2n) is 5.63. The number of carbonyl (C=O) groups excluding carboxylic acids is 1. The number of halogens is 1. The van der Waals surface area contributed by atoms with E-state index < -0.39 is 0 Å². The lowest BCUT2D eigenvalue weighted by atomic mass is 9.97. The molecular formula is C16H18ClN3O2. The van der Waals surface area contributed by atoms with Crippen LogP contribution < -0.4 is 0 Å². The number of carbonyl (C=O) groups is 1. The van der Waals surface area contributed by atoms with Crippen molar-refractivity contribution in [3.63, 3.8) is 0 Å². The lowest BCUT2D eigenvalue weighted by Crippen LogP contribution is -2.40. The summed E-state index contributed by atoms with van der Waals surface area (Å²) in [6, 6.07) is 7.74. The van der Waals surface area contributed by atoms with E-state index in [2.05, 4.69) is 10.1 Å². The second-order valence-corrected chi connectivity index (χ2v) is 6.07. The Hall–Kier alpha value is -1.88. The van der Waals surface area contributed by atoms with Crippen LogP contribution in [-0.2, 0) is 11.2 Å². The molecule has 6 heteroatoms. The molecule has 22 heavy (non-hydrogen) atoms. The third-order valence-corrected chi connectivity index (χ3v) is 4.23. The molecule has 1 aliphatic heterocycles. The van der Waals surface area contributed by atoms with E-state index in [9.17, 15) is 4.79 Å². The summed E-state index contributed by atoms with van der Waals surface area (Å²) in [5.41, 5.74) is 1.17. The first kappa shape index (κ1) is 15.0. The van der Waals surface area contributed by atoms with E-state index in [0.717, 1.165) is 17.9 Å². The molecular weight excluding hydrogens is 302 g/mol. The molecule has 1 unspecified atom stereocenters. The molecule has 0 radical (unpaired) electrons. The molecule has 2 heterocycles. The highest BCUT2D eigenvalue weighted by atomic mass is 35.5. The summed E-state index contributed by atoms with van der Waals surface area (Å²) < 4.78 is 5.25. The van der Waals surface area contributed by atoms with Crippen molar-refractivity contribution in [2.24, 2.45) is 0 Å². The van der Waals surface area contributed by atoms with Crippen LogP contribution in [0.4, 0.5) is 0 Å². The van der Waals surface area contributed by atoms with E-state index in [1.807, 2.05) is 29.2 Å². The maximum absolute atomic E-state index is 12.1. The van der Waals surface area contributed by atoms with Gasteiger partial charge in [0.1, 0.15) is 0 Å². The number of hydrogen-bond acceptors (Lipinski definition) is 4. The van der Waals surface area contributed by atoms with Crippen molar-refractivity contribution in [1.29, 1.82) is 0 Å². The van der Waals surface area contributed by atoms with E-state index in [1.54, 1.807) is 6.92 Å². The normalized spacial score (nSPS) is 18.7. The minimum atomic E-state index is 0.143. The zero-order valence-electron chi connectivity index (χ0n) is 12.5. The second kappa shape index (κ2) is 6.48. The topological polar surface area (TPSA) is 59.2 Å². The minimum Gasteiger partial charge on any atom is -0.342 e. The molecule has 0 N–H and O–H groups in total. The zero-order valence-corrected chi connectivity index (χ0v) is 13.2. The number of nitrogens with zero attached hydrogens (tertiary/aromatic N) is 3. The molecule has 2 aromatic rings. The van der Waals surface area contributed by atoms with E-state index in [4.69, 9.17) is 16.1 Å². The molecule has 0 bridgehead atoms. The predicted octanol–water partition coefficient (Wildman–Crippen LogP) is 2.98. The average Bonchev–Trinajstić information content (AvgIpc) is 2.95. The summed E-state index contributed by atoms with van der Waals surface area (Å²) in [5.74, 6) is 1.62. The quantitative estimate of drug-likeness (QED) is 0.869. The smallest absolute Gasteiger partial charge is 0.231 e. The summed E-state index contributed by atoms with van der Waals surface area (Å²) >= 11 is 5.88. The maximum atomic E-state index is 12.1. The molecule has 116 valence electrons. The lowest BCUT2D eigenvalue weighted by molar-refractivity contribution is -0.133. The molecule has 3 rings (SSSR count). The standard InChI is InChI=1S/C16H18ClN3O2/c1-11-18-16(22-19-11)13-4-7-15(21)20(10-13)9-8-12-2-5-14(17)6-3-12/h2-3,5-6,13H,4,7-10H2,1H3. The Balaban J connectivity index is 1.61. The van der Waals surface area contributed by atoms with Crippen LogP contribution in [0, 0.1) is 6.92 Å². The number of hydrogen-bond donors (Lipinski definition) is 0. The number of amides is 1. The molecule has 1 aliphatic rings. The van der Waals surface area contributed by atoms with Gasteiger partial charge in [-0.05, 0) is 37.5 Å². The van der Waals surface area contributed by atoms with E-state index >= 15 is 0 Å². The third kappa shape index (κ3) is 3.47. The Bertz CT molecular complexity index is 654. The fraction of sp³-hybridized carbons (Fsp3) is 0.438. The third-order valence-electron chi connectivity index (χ3n) is 3.98. The van der Waals surface area contributed by atoms with Crippen LogP contribution in [0.1, 0.15) is 36.0 Å². The van der Waals surface area contributed by atoms with Gasteiger partial charge in [-0.2, -0.15) is 4.98 Å². The predicted molar refractivity (Wildman–Crippen MR) is 82.7 cm³/mol. The van der Waals surface area contributed by atoms with Crippen molar-refractivity contribution in [3.8, 4) is 0 Å². The van der Waals surface area contributed by atoms with E-state index in [1.165, 1.54) is 5.56 Å². The molecule has 1 aromatic carbocycles. The molecule has 1 aromatic heterocycles. The van der Waals surface area contributed by atoms with Crippen LogP contribution in [0.15, 0.2) is 28.8 Å². The molecule has 0 saturated carbocycles. The lowest BCUT2D eigenvalue weighted by Gasteiger charge is -2.31. The van der Waals surface area contributed by atoms with Crippen LogP contribution in [0.25, 0.3) is 0 Å². The van der Waals surface area contributed by atoms with Gasteiger partial charge in [0.2, 0.25) is 11.8 Å². The van der Waals surface area contributed by atoms with Gasteiger partial charge in [-0.25, -0.2) is 0 Å². The van der Waals surface area contributed by atoms with Gasteiger partial charge in [-0.3, -0.25) is 4.79 Å². The number of aryl methyl sites for hydroxylation is 1.